The Morgan fingerprint density at radius 1 is 1.25 bits per heavy atom. The van der Waals surface area contributed by atoms with E-state index in [-0.39, 0.29) is 18.4 Å². The van der Waals surface area contributed by atoms with Crippen molar-refractivity contribution in [1.82, 2.24) is 0 Å². The predicted octanol–water partition coefficient (Wildman–Crippen LogP) is 3.31. The number of carbonyl (C=O) groups is 1. The Bertz CT molecular complexity index is 410. The molecule has 0 unspecified atom stereocenters. The number of unbranched alkanes of at least 4 members (excludes halogenated alkanes) is 3. The van der Waals surface area contributed by atoms with Crippen molar-refractivity contribution in [2.75, 3.05) is 13.7 Å². The van der Waals surface area contributed by atoms with Gasteiger partial charge in [0.25, 0.3) is 0 Å². The van der Waals surface area contributed by atoms with Crippen molar-refractivity contribution in [1.29, 1.82) is 0 Å². The second-order valence-corrected chi connectivity index (χ2v) is 4.43. The van der Waals surface area contributed by atoms with Gasteiger partial charge in [-0.25, -0.2) is 4.79 Å². The van der Waals surface area contributed by atoms with Crippen LogP contribution in [-0.4, -0.2) is 19.7 Å². The molecule has 0 spiro atoms. The van der Waals surface area contributed by atoms with E-state index in [2.05, 4.69) is 11.7 Å². The number of benzene rings is 1. The van der Waals surface area contributed by atoms with E-state index in [0.717, 1.165) is 17.7 Å². The zero-order valence-electron chi connectivity index (χ0n) is 12.2. The zero-order chi connectivity index (χ0) is 14.1. The molecule has 0 radical (unpaired) electrons. The molecule has 5 heteroatoms. The highest BCUT2D eigenvalue weighted by atomic mass is 35.5. The molecule has 0 saturated carbocycles. The first-order valence-corrected chi connectivity index (χ1v) is 6.77. The Hall–Kier alpha value is -1.26. The van der Waals surface area contributed by atoms with Crippen molar-refractivity contribution in [3.63, 3.8) is 0 Å². The van der Waals surface area contributed by atoms with E-state index in [4.69, 9.17) is 10.5 Å². The summed E-state index contributed by atoms with van der Waals surface area (Å²) in [6.07, 6.45) is 4.65. The van der Waals surface area contributed by atoms with Crippen LogP contribution in [0.25, 0.3) is 0 Å². The van der Waals surface area contributed by atoms with Crippen molar-refractivity contribution >= 4 is 18.4 Å². The maximum absolute atomic E-state index is 11.4. The lowest BCUT2D eigenvalue weighted by Gasteiger charge is -2.11. The summed E-state index contributed by atoms with van der Waals surface area (Å²) in [5, 5.41) is 0. The predicted molar refractivity (Wildman–Crippen MR) is 82.6 cm³/mol. The monoisotopic (exact) mass is 301 g/mol. The maximum atomic E-state index is 11.4. The van der Waals surface area contributed by atoms with Gasteiger partial charge in [-0.1, -0.05) is 26.2 Å². The number of hydrogen-bond acceptors (Lipinski definition) is 4. The maximum Gasteiger partial charge on any atom is 0.337 e. The van der Waals surface area contributed by atoms with Gasteiger partial charge in [-0.15, -0.1) is 12.4 Å². The van der Waals surface area contributed by atoms with Crippen molar-refractivity contribution in [3.05, 3.63) is 29.3 Å². The molecule has 1 aromatic rings. The highest BCUT2D eigenvalue weighted by Crippen LogP contribution is 2.20. The van der Waals surface area contributed by atoms with E-state index < -0.39 is 0 Å². The summed E-state index contributed by atoms with van der Waals surface area (Å²) < 4.78 is 10.4. The molecule has 0 aliphatic carbocycles. The lowest BCUT2D eigenvalue weighted by Crippen LogP contribution is -2.07. The molecule has 2 N–H and O–H groups in total. The highest BCUT2D eigenvalue weighted by Gasteiger charge is 2.09. The van der Waals surface area contributed by atoms with Crippen LogP contribution in [0.1, 0.15) is 48.5 Å². The smallest absolute Gasteiger partial charge is 0.337 e. The molecule has 114 valence electrons. The molecule has 0 fully saturated rings. The summed E-state index contributed by atoms with van der Waals surface area (Å²) >= 11 is 0. The Balaban J connectivity index is 0.00000361. The van der Waals surface area contributed by atoms with Crippen LogP contribution in [0.2, 0.25) is 0 Å². The minimum atomic E-state index is -0.357. The van der Waals surface area contributed by atoms with Crippen LogP contribution in [-0.2, 0) is 11.3 Å². The first kappa shape index (κ1) is 18.7. The minimum absolute atomic E-state index is 0. The second-order valence-electron chi connectivity index (χ2n) is 4.43. The molecule has 4 nitrogen and oxygen atoms in total. The van der Waals surface area contributed by atoms with E-state index in [1.54, 1.807) is 18.2 Å². The molecular weight excluding hydrogens is 278 g/mol. The van der Waals surface area contributed by atoms with Gasteiger partial charge in [0, 0.05) is 12.1 Å². The van der Waals surface area contributed by atoms with Crippen LogP contribution >= 0.6 is 12.4 Å². The van der Waals surface area contributed by atoms with Crippen LogP contribution in [0.15, 0.2) is 18.2 Å². The van der Waals surface area contributed by atoms with Crippen LogP contribution in [0, 0.1) is 0 Å². The molecule has 0 heterocycles. The fourth-order valence-corrected chi connectivity index (χ4v) is 1.84. The first-order valence-electron chi connectivity index (χ1n) is 6.77. The van der Waals surface area contributed by atoms with Crippen molar-refractivity contribution in [2.45, 2.75) is 39.2 Å². The van der Waals surface area contributed by atoms with Gasteiger partial charge in [0.2, 0.25) is 0 Å². The third-order valence-electron chi connectivity index (χ3n) is 2.96. The standard InChI is InChI=1S/C15H23NO3.ClH/c1-3-4-5-6-9-19-14-8-7-12(15(17)18-2)10-13(14)11-16;/h7-8,10H,3-6,9,11,16H2,1-2H3;1H. The van der Waals surface area contributed by atoms with Crippen LogP contribution in [0.5, 0.6) is 5.75 Å². The summed E-state index contributed by atoms with van der Waals surface area (Å²) in [5.41, 5.74) is 7.01. The van der Waals surface area contributed by atoms with E-state index >= 15 is 0 Å². The SMILES string of the molecule is CCCCCCOc1ccc(C(=O)OC)cc1CN.Cl. The number of halogens is 1. The summed E-state index contributed by atoms with van der Waals surface area (Å²) in [5.74, 6) is 0.399. The van der Waals surface area contributed by atoms with Gasteiger partial charge in [-0.05, 0) is 24.6 Å². The number of methoxy groups -OCH3 is 1. The summed E-state index contributed by atoms with van der Waals surface area (Å²) in [4.78, 5) is 11.4. The van der Waals surface area contributed by atoms with Crippen LogP contribution in [0.3, 0.4) is 0 Å². The number of hydrogen-bond donors (Lipinski definition) is 1. The van der Waals surface area contributed by atoms with Gasteiger partial charge >= 0.3 is 5.97 Å². The van der Waals surface area contributed by atoms with Crippen LogP contribution < -0.4 is 10.5 Å². The van der Waals surface area contributed by atoms with Crippen molar-refractivity contribution in [3.8, 4) is 5.75 Å². The molecule has 0 amide bonds. The quantitative estimate of drug-likeness (QED) is 0.591. The van der Waals surface area contributed by atoms with E-state index in [1.807, 2.05) is 0 Å². The number of nitrogens with two attached hydrogens (primary N) is 1. The molecule has 0 bridgehead atoms. The van der Waals surface area contributed by atoms with Gasteiger partial charge in [-0.3, -0.25) is 0 Å². The molecule has 0 saturated heterocycles. The molecule has 20 heavy (non-hydrogen) atoms. The molecule has 1 aromatic carbocycles. The second kappa shape index (κ2) is 10.5. The fourth-order valence-electron chi connectivity index (χ4n) is 1.84. The van der Waals surface area contributed by atoms with Gasteiger partial charge in [0.15, 0.2) is 0 Å². The number of ether oxygens (including phenoxy) is 2. The van der Waals surface area contributed by atoms with Crippen molar-refractivity contribution < 1.29 is 14.3 Å². The molecule has 0 aromatic heterocycles. The Morgan fingerprint density at radius 3 is 2.60 bits per heavy atom. The summed E-state index contributed by atoms with van der Waals surface area (Å²) in [7, 11) is 1.36. The Kier molecular flexibility index (Phi) is 9.86. The van der Waals surface area contributed by atoms with E-state index in [0.29, 0.717) is 18.7 Å². The van der Waals surface area contributed by atoms with Gasteiger partial charge in [-0.2, -0.15) is 0 Å². The van der Waals surface area contributed by atoms with Crippen molar-refractivity contribution in [2.24, 2.45) is 5.73 Å². The van der Waals surface area contributed by atoms with E-state index in [9.17, 15) is 4.79 Å². The minimum Gasteiger partial charge on any atom is -0.493 e. The molecule has 1 rings (SSSR count). The normalized spacial score (nSPS) is 9.75. The van der Waals surface area contributed by atoms with Crippen LogP contribution in [0.4, 0.5) is 0 Å². The lowest BCUT2D eigenvalue weighted by molar-refractivity contribution is 0.0600. The average Bonchev–Trinajstić information content (AvgIpc) is 2.46. The lowest BCUT2D eigenvalue weighted by atomic mass is 10.1. The Labute approximate surface area is 127 Å². The third kappa shape index (κ3) is 5.80. The molecule has 0 aliphatic rings. The average molecular weight is 302 g/mol. The molecule has 0 atom stereocenters. The number of carbonyl (C=O) groups excluding carboxylic acids is 1. The fraction of sp³-hybridized carbons (Fsp3) is 0.533. The topological polar surface area (TPSA) is 61.5 Å². The summed E-state index contributed by atoms with van der Waals surface area (Å²) in [6, 6.07) is 5.22. The Morgan fingerprint density at radius 2 is 2.00 bits per heavy atom. The number of esters is 1. The first-order chi connectivity index (χ1) is 9.22. The van der Waals surface area contributed by atoms with Gasteiger partial charge in [0.1, 0.15) is 5.75 Å². The van der Waals surface area contributed by atoms with Gasteiger partial charge in [0.05, 0.1) is 19.3 Å². The molecule has 0 aliphatic heterocycles. The number of rotatable bonds is 8. The summed E-state index contributed by atoms with van der Waals surface area (Å²) in [6.45, 7) is 3.21. The third-order valence-corrected chi connectivity index (χ3v) is 2.96. The molecular formula is C15H24ClNO3. The largest absolute Gasteiger partial charge is 0.493 e. The van der Waals surface area contributed by atoms with Gasteiger partial charge < -0.3 is 15.2 Å². The van der Waals surface area contributed by atoms with E-state index in [1.165, 1.54) is 26.4 Å². The zero-order valence-corrected chi connectivity index (χ0v) is 13.0. The highest BCUT2D eigenvalue weighted by molar-refractivity contribution is 5.89.